The van der Waals surface area contributed by atoms with Crippen LogP contribution in [0.4, 0.5) is 0 Å². The molecule has 130 valence electrons. The largest absolute Gasteiger partial charge is 0.354 e. The molecule has 0 unspecified atom stereocenters. The van der Waals surface area contributed by atoms with Gasteiger partial charge >= 0.3 is 0 Å². The second-order valence-electron chi connectivity index (χ2n) is 5.71. The third-order valence-corrected chi connectivity index (χ3v) is 4.71. The average molecular weight is 395 g/mol. The van der Waals surface area contributed by atoms with Gasteiger partial charge in [0, 0.05) is 51.0 Å². The molecule has 0 radical (unpaired) electrons. The molecule has 1 heterocycles. The lowest BCUT2D eigenvalue weighted by Crippen LogP contribution is -2.46. The number of nitrogens with one attached hydrogen (secondary N) is 1. The fraction of sp³-hybridized carbons (Fsp3) is 0.471. The third-order valence-electron chi connectivity index (χ3n) is 3.94. The fourth-order valence-corrected chi connectivity index (χ4v) is 3.08. The molecule has 1 saturated heterocycles. The highest BCUT2D eigenvalue weighted by molar-refractivity contribution is 9.10. The van der Waals surface area contributed by atoms with E-state index in [-0.39, 0.29) is 11.8 Å². The summed E-state index contributed by atoms with van der Waals surface area (Å²) in [7, 11) is 3.67. The summed E-state index contributed by atoms with van der Waals surface area (Å²) in [6.45, 7) is 1.56. The molecular weight excluding hydrogens is 372 g/mol. The first kappa shape index (κ1) is 18.4. The molecule has 1 aliphatic heterocycles. The molecule has 0 saturated carbocycles. The van der Waals surface area contributed by atoms with Gasteiger partial charge < -0.3 is 10.2 Å². The van der Waals surface area contributed by atoms with Gasteiger partial charge in [-0.15, -0.1) is 0 Å². The molecule has 2 rings (SSSR count). The van der Waals surface area contributed by atoms with Gasteiger partial charge in [0.25, 0.3) is 0 Å². The molecule has 1 N–H and O–H groups in total. The highest BCUT2D eigenvalue weighted by Crippen LogP contribution is 2.17. The summed E-state index contributed by atoms with van der Waals surface area (Å²) < 4.78 is 1.05. The SMILES string of the molecule is CN=C(NCCN1C(=O)CCCC1=O)N(C)Cc1ccccc1Br. The Hall–Kier alpha value is -1.89. The molecule has 2 amide bonds. The fourth-order valence-electron chi connectivity index (χ4n) is 2.67. The molecule has 0 spiro atoms. The number of imide groups is 1. The molecule has 1 aromatic rings. The highest BCUT2D eigenvalue weighted by atomic mass is 79.9. The number of hydrogen-bond acceptors (Lipinski definition) is 3. The lowest BCUT2D eigenvalue weighted by molar-refractivity contribution is -0.147. The number of guanidine groups is 1. The molecule has 0 aromatic heterocycles. The van der Waals surface area contributed by atoms with Crippen LogP contribution >= 0.6 is 15.9 Å². The Bertz CT molecular complexity index is 617. The van der Waals surface area contributed by atoms with Crippen LogP contribution in [-0.2, 0) is 16.1 Å². The molecule has 0 atom stereocenters. The number of piperidine rings is 1. The van der Waals surface area contributed by atoms with Gasteiger partial charge in [0.2, 0.25) is 11.8 Å². The van der Waals surface area contributed by atoms with E-state index in [9.17, 15) is 9.59 Å². The van der Waals surface area contributed by atoms with Crippen LogP contribution in [0.3, 0.4) is 0 Å². The van der Waals surface area contributed by atoms with Crippen LogP contribution in [0.5, 0.6) is 0 Å². The predicted octanol–water partition coefficient (Wildman–Crippen LogP) is 2.00. The first-order valence-electron chi connectivity index (χ1n) is 8.01. The molecule has 0 aliphatic carbocycles. The van der Waals surface area contributed by atoms with Crippen molar-refractivity contribution in [3.8, 4) is 0 Å². The monoisotopic (exact) mass is 394 g/mol. The minimum atomic E-state index is -0.0791. The summed E-state index contributed by atoms with van der Waals surface area (Å²) in [5.41, 5.74) is 1.16. The Balaban J connectivity index is 1.87. The van der Waals surface area contributed by atoms with E-state index in [1.165, 1.54) is 4.90 Å². The number of likely N-dealkylation sites (tertiary alicyclic amines) is 1. The molecule has 6 nitrogen and oxygen atoms in total. The van der Waals surface area contributed by atoms with Gasteiger partial charge in [-0.3, -0.25) is 19.5 Å². The number of halogens is 1. The van der Waals surface area contributed by atoms with Crippen molar-refractivity contribution in [1.29, 1.82) is 0 Å². The number of carbonyl (C=O) groups excluding carboxylic acids is 2. The Kier molecular flexibility index (Phi) is 6.78. The van der Waals surface area contributed by atoms with Gasteiger partial charge in [-0.25, -0.2) is 0 Å². The topological polar surface area (TPSA) is 65.0 Å². The summed E-state index contributed by atoms with van der Waals surface area (Å²) >= 11 is 3.55. The Morgan fingerprint density at radius 3 is 2.58 bits per heavy atom. The van der Waals surface area contributed by atoms with Crippen LogP contribution in [-0.4, -0.2) is 54.8 Å². The number of aliphatic imine (C=N–C) groups is 1. The predicted molar refractivity (Wildman–Crippen MR) is 97.5 cm³/mol. The normalized spacial score (nSPS) is 15.6. The number of amides is 2. The number of benzene rings is 1. The second-order valence-corrected chi connectivity index (χ2v) is 6.57. The number of rotatable bonds is 5. The Labute approximate surface area is 151 Å². The molecular formula is C17H23BrN4O2. The first-order valence-corrected chi connectivity index (χ1v) is 8.80. The van der Waals surface area contributed by atoms with Crippen LogP contribution in [0.2, 0.25) is 0 Å². The van der Waals surface area contributed by atoms with Crippen LogP contribution in [0.15, 0.2) is 33.7 Å². The van der Waals surface area contributed by atoms with Crippen LogP contribution in [0.1, 0.15) is 24.8 Å². The molecule has 1 aliphatic rings. The van der Waals surface area contributed by atoms with Crippen molar-refractivity contribution in [2.75, 3.05) is 27.2 Å². The standard InChI is InChI=1S/C17H23BrN4O2/c1-19-17(21(2)12-13-6-3-4-7-14(13)18)20-10-11-22-15(23)8-5-9-16(22)24/h3-4,6-7H,5,8-12H2,1-2H3,(H,19,20). The zero-order valence-electron chi connectivity index (χ0n) is 14.1. The molecule has 7 heteroatoms. The number of nitrogens with zero attached hydrogens (tertiary/aromatic N) is 3. The maximum Gasteiger partial charge on any atom is 0.229 e. The zero-order chi connectivity index (χ0) is 17.5. The minimum Gasteiger partial charge on any atom is -0.354 e. The van der Waals surface area contributed by atoms with Gasteiger partial charge in [-0.05, 0) is 18.1 Å². The van der Waals surface area contributed by atoms with E-state index < -0.39 is 0 Å². The smallest absolute Gasteiger partial charge is 0.229 e. The van der Waals surface area contributed by atoms with Gasteiger partial charge in [-0.2, -0.15) is 0 Å². The maximum atomic E-state index is 11.8. The van der Waals surface area contributed by atoms with Gasteiger partial charge in [0.05, 0.1) is 0 Å². The molecule has 0 bridgehead atoms. The van der Waals surface area contributed by atoms with Gasteiger partial charge in [0.15, 0.2) is 5.96 Å². The Morgan fingerprint density at radius 1 is 1.29 bits per heavy atom. The van der Waals surface area contributed by atoms with Crippen molar-refractivity contribution in [3.63, 3.8) is 0 Å². The quantitative estimate of drug-likeness (QED) is 0.471. The van der Waals surface area contributed by atoms with Crippen molar-refractivity contribution < 1.29 is 9.59 Å². The molecule has 24 heavy (non-hydrogen) atoms. The highest BCUT2D eigenvalue weighted by Gasteiger charge is 2.25. The first-order chi connectivity index (χ1) is 11.5. The maximum absolute atomic E-state index is 11.8. The van der Waals surface area contributed by atoms with Gasteiger partial charge in [-0.1, -0.05) is 34.1 Å². The van der Waals surface area contributed by atoms with E-state index >= 15 is 0 Å². The van der Waals surface area contributed by atoms with E-state index in [0.717, 1.165) is 16.0 Å². The van der Waals surface area contributed by atoms with Crippen LogP contribution < -0.4 is 5.32 Å². The van der Waals surface area contributed by atoms with E-state index in [1.807, 2.05) is 30.1 Å². The lowest BCUT2D eigenvalue weighted by atomic mass is 10.1. The number of hydrogen-bond donors (Lipinski definition) is 1. The van der Waals surface area contributed by atoms with Crippen molar-refractivity contribution in [3.05, 3.63) is 34.3 Å². The van der Waals surface area contributed by atoms with Crippen LogP contribution in [0, 0.1) is 0 Å². The summed E-state index contributed by atoms with van der Waals surface area (Å²) in [4.78, 5) is 31.2. The number of carbonyl (C=O) groups is 2. The van der Waals surface area contributed by atoms with Crippen molar-refractivity contribution >= 4 is 33.7 Å². The van der Waals surface area contributed by atoms with Crippen LogP contribution in [0.25, 0.3) is 0 Å². The van der Waals surface area contributed by atoms with E-state index in [0.29, 0.717) is 38.9 Å². The van der Waals surface area contributed by atoms with Crippen molar-refractivity contribution in [2.45, 2.75) is 25.8 Å². The third kappa shape index (κ3) is 4.80. The van der Waals surface area contributed by atoms with E-state index in [4.69, 9.17) is 0 Å². The van der Waals surface area contributed by atoms with Crippen molar-refractivity contribution in [2.24, 2.45) is 4.99 Å². The zero-order valence-corrected chi connectivity index (χ0v) is 15.7. The Morgan fingerprint density at radius 2 is 1.96 bits per heavy atom. The van der Waals surface area contributed by atoms with E-state index in [2.05, 4.69) is 32.3 Å². The van der Waals surface area contributed by atoms with E-state index in [1.54, 1.807) is 7.05 Å². The summed E-state index contributed by atoms with van der Waals surface area (Å²) in [6, 6.07) is 8.04. The molecule has 1 aromatic carbocycles. The average Bonchev–Trinajstić information content (AvgIpc) is 2.56. The minimum absolute atomic E-state index is 0.0791. The van der Waals surface area contributed by atoms with Gasteiger partial charge in [0.1, 0.15) is 0 Å². The summed E-state index contributed by atoms with van der Waals surface area (Å²) in [5.74, 6) is 0.567. The molecule has 1 fully saturated rings. The lowest BCUT2D eigenvalue weighted by Gasteiger charge is -2.27. The second kappa shape index (κ2) is 8.82. The summed E-state index contributed by atoms with van der Waals surface area (Å²) in [6.07, 6.45) is 1.59. The van der Waals surface area contributed by atoms with Crippen molar-refractivity contribution in [1.82, 2.24) is 15.1 Å². The summed E-state index contributed by atoms with van der Waals surface area (Å²) in [5, 5.41) is 3.21.